The molecule has 0 spiro atoms. The SMILES string of the molecule is Clc1ccc2c(c1)N[C@H](c1ccccc1)C1CCOC21. The minimum Gasteiger partial charge on any atom is -0.377 e. The second-order valence-electron chi connectivity index (χ2n) is 5.51. The fraction of sp³-hybridized carbons (Fsp3) is 0.294. The maximum Gasteiger partial charge on any atom is 0.0896 e. The lowest BCUT2D eigenvalue weighted by Crippen LogP contribution is -2.29. The van der Waals surface area contributed by atoms with Crippen LogP contribution < -0.4 is 5.32 Å². The van der Waals surface area contributed by atoms with E-state index in [2.05, 4.69) is 41.7 Å². The zero-order valence-electron chi connectivity index (χ0n) is 11.1. The maximum absolute atomic E-state index is 6.13. The zero-order valence-corrected chi connectivity index (χ0v) is 11.8. The number of hydrogen-bond acceptors (Lipinski definition) is 2. The predicted octanol–water partition coefficient (Wildman–Crippen LogP) is 4.58. The van der Waals surface area contributed by atoms with Crippen molar-refractivity contribution < 1.29 is 4.74 Å². The highest BCUT2D eigenvalue weighted by Crippen LogP contribution is 2.50. The Balaban J connectivity index is 1.80. The first-order chi connectivity index (χ1) is 9.83. The zero-order chi connectivity index (χ0) is 13.5. The first kappa shape index (κ1) is 12.2. The number of rotatable bonds is 1. The lowest BCUT2D eigenvalue weighted by Gasteiger charge is -2.36. The van der Waals surface area contributed by atoms with Crippen LogP contribution >= 0.6 is 11.6 Å². The third-order valence-electron chi connectivity index (χ3n) is 4.36. The van der Waals surface area contributed by atoms with Gasteiger partial charge in [0.15, 0.2) is 0 Å². The molecule has 2 nitrogen and oxygen atoms in total. The van der Waals surface area contributed by atoms with E-state index >= 15 is 0 Å². The smallest absolute Gasteiger partial charge is 0.0896 e. The first-order valence-electron chi connectivity index (χ1n) is 7.05. The molecule has 0 aromatic heterocycles. The molecule has 2 unspecified atom stereocenters. The van der Waals surface area contributed by atoms with Crippen LogP contribution in [0.4, 0.5) is 5.69 Å². The molecule has 2 aromatic carbocycles. The van der Waals surface area contributed by atoms with Gasteiger partial charge in [-0.05, 0) is 24.1 Å². The molecule has 0 bridgehead atoms. The van der Waals surface area contributed by atoms with Crippen molar-refractivity contribution >= 4 is 17.3 Å². The molecular weight excluding hydrogens is 270 g/mol. The molecule has 0 amide bonds. The molecule has 2 aliphatic heterocycles. The Hall–Kier alpha value is -1.51. The van der Waals surface area contributed by atoms with E-state index in [1.165, 1.54) is 11.1 Å². The van der Waals surface area contributed by atoms with Crippen molar-refractivity contribution in [2.24, 2.45) is 5.92 Å². The summed E-state index contributed by atoms with van der Waals surface area (Å²) >= 11 is 6.13. The van der Waals surface area contributed by atoms with Crippen LogP contribution in [0.25, 0.3) is 0 Å². The summed E-state index contributed by atoms with van der Waals surface area (Å²) in [5.41, 5.74) is 3.66. The standard InChI is InChI=1S/C17H16ClNO/c18-12-6-7-13-15(10-12)19-16(11-4-2-1-3-5-11)14-8-9-20-17(13)14/h1-7,10,14,16-17,19H,8-9H2/t14?,16-,17?/m1/s1. The largest absolute Gasteiger partial charge is 0.377 e. The first-order valence-corrected chi connectivity index (χ1v) is 7.43. The molecule has 1 saturated heterocycles. The van der Waals surface area contributed by atoms with Crippen molar-refractivity contribution in [2.45, 2.75) is 18.6 Å². The van der Waals surface area contributed by atoms with Crippen molar-refractivity contribution in [3.05, 3.63) is 64.7 Å². The van der Waals surface area contributed by atoms with Gasteiger partial charge >= 0.3 is 0 Å². The molecule has 0 radical (unpaired) electrons. The van der Waals surface area contributed by atoms with Gasteiger partial charge in [-0.15, -0.1) is 0 Å². The Labute approximate surface area is 123 Å². The van der Waals surface area contributed by atoms with Crippen LogP contribution in [0.5, 0.6) is 0 Å². The highest BCUT2D eigenvalue weighted by atomic mass is 35.5. The summed E-state index contributed by atoms with van der Waals surface area (Å²) in [7, 11) is 0. The third-order valence-corrected chi connectivity index (χ3v) is 4.59. The predicted molar refractivity (Wildman–Crippen MR) is 81.1 cm³/mol. The lowest BCUT2D eigenvalue weighted by molar-refractivity contribution is 0.0829. The van der Waals surface area contributed by atoms with Crippen LogP contribution in [0.1, 0.15) is 29.7 Å². The molecule has 20 heavy (non-hydrogen) atoms. The van der Waals surface area contributed by atoms with E-state index < -0.39 is 0 Å². The van der Waals surface area contributed by atoms with E-state index in [1.54, 1.807) is 0 Å². The number of nitrogens with one attached hydrogen (secondary N) is 1. The fourth-order valence-electron chi connectivity index (χ4n) is 3.44. The van der Waals surface area contributed by atoms with Crippen LogP contribution in [0.2, 0.25) is 5.02 Å². The lowest BCUT2D eigenvalue weighted by atomic mass is 9.81. The summed E-state index contributed by atoms with van der Waals surface area (Å²) < 4.78 is 5.99. The molecule has 102 valence electrons. The number of fused-ring (bicyclic) bond motifs is 3. The van der Waals surface area contributed by atoms with E-state index in [0.717, 1.165) is 23.7 Å². The average Bonchev–Trinajstić information content (AvgIpc) is 2.96. The summed E-state index contributed by atoms with van der Waals surface area (Å²) in [6, 6.07) is 17.0. The van der Waals surface area contributed by atoms with E-state index in [4.69, 9.17) is 16.3 Å². The van der Waals surface area contributed by atoms with Gasteiger partial charge in [-0.3, -0.25) is 0 Å². The topological polar surface area (TPSA) is 21.3 Å². The summed E-state index contributed by atoms with van der Waals surface area (Å²) in [6.07, 6.45) is 1.29. The van der Waals surface area contributed by atoms with Gasteiger partial charge in [-0.25, -0.2) is 0 Å². The van der Waals surface area contributed by atoms with Gasteiger partial charge in [-0.1, -0.05) is 48.0 Å². The average molecular weight is 286 g/mol. The molecule has 2 aliphatic rings. The monoisotopic (exact) mass is 285 g/mol. The van der Waals surface area contributed by atoms with E-state index in [9.17, 15) is 0 Å². The molecule has 1 N–H and O–H groups in total. The third kappa shape index (κ3) is 1.91. The van der Waals surface area contributed by atoms with Crippen molar-refractivity contribution in [2.75, 3.05) is 11.9 Å². The Bertz CT molecular complexity index is 628. The summed E-state index contributed by atoms with van der Waals surface area (Å²) in [5.74, 6) is 0.492. The highest BCUT2D eigenvalue weighted by Gasteiger charge is 2.41. The van der Waals surface area contributed by atoms with Crippen LogP contribution in [0.3, 0.4) is 0 Å². The Kier molecular flexibility index (Phi) is 2.94. The van der Waals surface area contributed by atoms with Gasteiger partial charge in [0.1, 0.15) is 0 Å². The summed E-state index contributed by atoms with van der Waals surface area (Å²) in [5, 5.41) is 4.42. The molecule has 3 heteroatoms. The quantitative estimate of drug-likeness (QED) is 0.828. The molecule has 0 saturated carbocycles. The number of hydrogen-bond donors (Lipinski definition) is 1. The van der Waals surface area contributed by atoms with Crippen molar-refractivity contribution in [1.29, 1.82) is 0 Å². The van der Waals surface area contributed by atoms with Gasteiger partial charge in [-0.2, -0.15) is 0 Å². The maximum atomic E-state index is 6.13. The van der Waals surface area contributed by atoms with Crippen LogP contribution in [0, 0.1) is 5.92 Å². The number of anilines is 1. The van der Waals surface area contributed by atoms with Gasteiger partial charge in [0.05, 0.1) is 12.1 Å². The van der Waals surface area contributed by atoms with Crippen molar-refractivity contribution in [1.82, 2.24) is 0 Å². The Morgan fingerprint density at radius 3 is 2.80 bits per heavy atom. The molecule has 1 fully saturated rings. The number of ether oxygens (including phenoxy) is 1. The highest BCUT2D eigenvalue weighted by molar-refractivity contribution is 6.30. The van der Waals surface area contributed by atoms with E-state index in [0.29, 0.717) is 12.0 Å². The molecule has 4 rings (SSSR count). The van der Waals surface area contributed by atoms with Crippen LogP contribution in [-0.4, -0.2) is 6.61 Å². The van der Waals surface area contributed by atoms with Crippen LogP contribution in [-0.2, 0) is 4.74 Å². The van der Waals surface area contributed by atoms with Gasteiger partial charge in [0.2, 0.25) is 0 Å². The van der Waals surface area contributed by atoms with Gasteiger partial charge in [0.25, 0.3) is 0 Å². The summed E-state index contributed by atoms with van der Waals surface area (Å²) in [4.78, 5) is 0. The molecule has 0 aliphatic carbocycles. The number of halogens is 1. The minimum atomic E-state index is 0.189. The normalized spacial score (nSPS) is 27.6. The molecule has 3 atom stereocenters. The van der Waals surface area contributed by atoms with Crippen molar-refractivity contribution in [3.63, 3.8) is 0 Å². The second-order valence-corrected chi connectivity index (χ2v) is 5.94. The van der Waals surface area contributed by atoms with E-state index in [1.807, 2.05) is 12.1 Å². The fourth-order valence-corrected chi connectivity index (χ4v) is 3.61. The van der Waals surface area contributed by atoms with Gasteiger partial charge < -0.3 is 10.1 Å². The van der Waals surface area contributed by atoms with Crippen LogP contribution in [0.15, 0.2) is 48.5 Å². The van der Waals surface area contributed by atoms with Crippen molar-refractivity contribution in [3.8, 4) is 0 Å². The van der Waals surface area contributed by atoms with E-state index in [-0.39, 0.29) is 6.10 Å². The number of benzene rings is 2. The second kappa shape index (κ2) is 4.80. The molecule has 2 aromatic rings. The Morgan fingerprint density at radius 1 is 1.10 bits per heavy atom. The molecule has 2 heterocycles. The minimum absolute atomic E-state index is 0.189. The molecular formula is C17H16ClNO. The van der Waals surface area contributed by atoms with Gasteiger partial charge in [0, 0.05) is 28.8 Å². The Morgan fingerprint density at radius 2 is 1.95 bits per heavy atom. The summed E-state index contributed by atoms with van der Waals surface area (Å²) in [6.45, 7) is 0.836.